The first-order valence-electron chi connectivity index (χ1n) is 10.8. The molecule has 174 valence electrons. The van der Waals surface area contributed by atoms with Gasteiger partial charge in [0.05, 0.1) is 23.6 Å². The molecule has 2 heterocycles. The lowest BCUT2D eigenvalue weighted by Gasteiger charge is -2.52. The average molecular weight is 531 g/mol. The molecule has 0 aromatic heterocycles. The SMILES string of the molecule is CCOC(=O)/C=C1\C[C@]2(C(=O)N(Cc3ccc(Br)cc3)c3ccccc32)N1S(=O)C(C)(C)C. The molecule has 1 amide bonds. The molecule has 2 aliphatic rings. The van der Waals surface area contributed by atoms with E-state index >= 15 is 0 Å². The fourth-order valence-electron chi connectivity index (χ4n) is 4.31. The van der Waals surface area contributed by atoms with Crippen molar-refractivity contribution in [3.63, 3.8) is 0 Å². The number of ether oxygens (including phenoxy) is 1. The van der Waals surface area contributed by atoms with E-state index < -0.39 is 27.2 Å². The summed E-state index contributed by atoms with van der Waals surface area (Å²) >= 11 is 3.45. The second-order valence-electron chi connectivity index (χ2n) is 9.12. The first-order valence-corrected chi connectivity index (χ1v) is 12.7. The Bertz CT molecular complexity index is 1160. The molecule has 33 heavy (non-hydrogen) atoms. The fraction of sp³-hybridized carbons (Fsp3) is 0.360. The molecule has 1 unspecified atom stereocenters. The quantitative estimate of drug-likeness (QED) is 0.411. The molecule has 0 aliphatic carbocycles. The Morgan fingerprint density at radius 2 is 1.85 bits per heavy atom. The van der Waals surface area contributed by atoms with Crippen LogP contribution < -0.4 is 4.90 Å². The zero-order valence-electron chi connectivity index (χ0n) is 19.1. The topological polar surface area (TPSA) is 66.9 Å². The number of para-hydroxylation sites is 1. The van der Waals surface area contributed by atoms with E-state index in [1.54, 1.807) is 16.1 Å². The van der Waals surface area contributed by atoms with Crippen molar-refractivity contribution in [3.05, 3.63) is 75.9 Å². The van der Waals surface area contributed by atoms with E-state index in [1.165, 1.54) is 6.08 Å². The molecule has 0 bridgehead atoms. The molecule has 1 spiro atoms. The van der Waals surface area contributed by atoms with Gasteiger partial charge >= 0.3 is 5.97 Å². The molecule has 1 fully saturated rings. The predicted octanol–water partition coefficient (Wildman–Crippen LogP) is 4.81. The zero-order valence-corrected chi connectivity index (χ0v) is 21.5. The van der Waals surface area contributed by atoms with Gasteiger partial charge in [0, 0.05) is 28.2 Å². The van der Waals surface area contributed by atoms with Gasteiger partial charge in [-0.05, 0) is 51.5 Å². The van der Waals surface area contributed by atoms with Crippen LogP contribution in [0.3, 0.4) is 0 Å². The maximum Gasteiger partial charge on any atom is 0.332 e. The van der Waals surface area contributed by atoms with Gasteiger partial charge in [0.2, 0.25) is 0 Å². The number of hydrogen-bond acceptors (Lipinski definition) is 4. The Balaban J connectivity index is 1.79. The van der Waals surface area contributed by atoms with E-state index in [0.29, 0.717) is 18.7 Å². The van der Waals surface area contributed by atoms with Crippen LogP contribution in [0.4, 0.5) is 5.69 Å². The summed E-state index contributed by atoms with van der Waals surface area (Å²) < 4.78 is 20.7. The molecule has 2 aromatic carbocycles. The van der Waals surface area contributed by atoms with E-state index in [9.17, 15) is 13.8 Å². The molecule has 0 radical (unpaired) electrons. The van der Waals surface area contributed by atoms with E-state index in [-0.39, 0.29) is 12.5 Å². The average Bonchev–Trinajstić information content (AvgIpc) is 2.99. The number of benzene rings is 2. The number of fused-ring (bicyclic) bond motifs is 2. The molecular formula is C25H27BrN2O4S. The summed E-state index contributed by atoms with van der Waals surface area (Å²) in [5, 5.41) is 0. The highest BCUT2D eigenvalue weighted by molar-refractivity contribution is 9.10. The minimum atomic E-state index is -1.56. The van der Waals surface area contributed by atoms with Crippen LogP contribution in [-0.2, 0) is 37.4 Å². The summed E-state index contributed by atoms with van der Waals surface area (Å²) in [6, 6.07) is 15.5. The number of hydrogen-bond donors (Lipinski definition) is 0. The largest absolute Gasteiger partial charge is 0.463 e. The van der Waals surface area contributed by atoms with Crippen LogP contribution in [0, 0.1) is 0 Å². The lowest BCUT2D eigenvalue weighted by Crippen LogP contribution is -2.63. The minimum Gasteiger partial charge on any atom is -0.463 e. The normalized spacial score (nSPS) is 21.8. The summed E-state index contributed by atoms with van der Waals surface area (Å²) in [4.78, 5) is 28.0. The van der Waals surface area contributed by atoms with Crippen molar-refractivity contribution in [2.75, 3.05) is 11.5 Å². The highest BCUT2D eigenvalue weighted by atomic mass is 79.9. The number of halogens is 1. The van der Waals surface area contributed by atoms with Crippen molar-refractivity contribution >= 4 is 44.5 Å². The predicted molar refractivity (Wildman–Crippen MR) is 133 cm³/mol. The number of amides is 1. The summed E-state index contributed by atoms with van der Waals surface area (Å²) in [5.41, 5.74) is 2.05. The van der Waals surface area contributed by atoms with Crippen molar-refractivity contribution in [2.24, 2.45) is 0 Å². The standard InChI is InChI=1S/C25H27BrN2O4S/c1-5-32-22(29)14-19-15-25(28(19)33(31)24(2,3)4)20-8-6-7-9-21(20)27(23(25)30)16-17-10-12-18(26)13-11-17/h6-14H,5,15-16H2,1-4H3/b19-14+/t25-,33?/m0/s1. The Kier molecular flexibility index (Phi) is 6.26. The summed E-state index contributed by atoms with van der Waals surface area (Å²) in [7, 11) is -1.56. The highest BCUT2D eigenvalue weighted by Gasteiger charge is 2.64. The first-order chi connectivity index (χ1) is 15.6. The van der Waals surface area contributed by atoms with E-state index in [0.717, 1.165) is 21.3 Å². The Morgan fingerprint density at radius 3 is 2.48 bits per heavy atom. The Hall–Kier alpha value is -2.45. The Morgan fingerprint density at radius 1 is 1.18 bits per heavy atom. The molecule has 8 heteroatoms. The zero-order chi connectivity index (χ0) is 24.0. The smallest absolute Gasteiger partial charge is 0.332 e. The van der Waals surface area contributed by atoms with E-state index in [4.69, 9.17) is 4.74 Å². The maximum absolute atomic E-state index is 14.0. The number of carbonyl (C=O) groups excluding carboxylic acids is 2. The van der Waals surface area contributed by atoms with Gasteiger partial charge in [-0.15, -0.1) is 0 Å². The van der Waals surface area contributed by atoms with Crippen molar-refractivity contribution in [2.45, 2.75) is 50.9 Å². The monoisotopic (exact) mass is 530 g/mol. The minimum absolute atomic E-state index is 0.134. The second-order valence-corrected chi connectivity index (χ2v) is 12.1. The maximum atomic E-state index is 14.0. The van der Waals surface area contributed by atoms with Crippen molar-refractivity contribution in [1.82, 2.24) is 4.31 Å². The number of nitrogens with zero attached hydrogens (tertiary/aromatic N) is 2. The fourth-order valence-corrected chi connectivity index (χ4v) is 5.98. The van der Waals surface area contributed by atoms with Gasteiger partial charge in [0.25, 0.3) is 5.91 Å². The summed E-state index contributed by atoms with van der Waals surface area (Å²) in [5.74, 6) is -0.631. The molecular weight excluding hydrogens is 504 g/mol. The molecule has 2 atom stereocenters. The Labute approximate surface area is 205 Å². The first kappa shape index (κ1) is 23.7. The number of anilines is 1. The van der Waals surface area contributed by atoms with Gasteiger partial charge in [0.15, 0.2) is 5.54 Å². The van der Waals surface area contributed by atoms with Gasteiger partial charge in [-0.1, -0.05) is 46.3 Å². The van der Waals surface area contributed by atoms with Crippen molar-refractivity contribution < 1.29 is 18.5 Å². The van der Waals surface area contributed by atoms with E-state index in [2.05, 4.69) is 15.9 Å². The molecule has 2 aliphatic heterocycles. The highest BCUT2D eigenvalue weighted by Crippen LogP contribution is 2.57. The molecule has 4 rings (SSSR count). The van der Waals surface area contributed by atoms with Crippen LogP contribution in [0.15, 0.2) is 64.8 Å². The number of esters is 1. The van der Waals surface area contributed by atoms with Gasteiger partial charge in [0.1, 0.15) is 11.0 Å². The number of carbonyl (C=O) groups is 2. The van der Waals surface area contributed by atoms with Crippen LogP contribution in [0.5, 0.6) is 0 Å². The third-order valence-electron chi connectivity index (χ3n) is 5.80. The third kappa shape index (κ3) is 4.04. The molecule has 0 N–H and O–H groups in total. The number of rotatable bonds is 5. The van der Waals surface area contributed by atoms with Crippen molar-refractivity contribution in [1.29, 1.82) is 0 Å². The molecule has 6 nitrogen and oxygen atoms in total. The lowest BCUT2D eigenvalue weighted by molar-refractivity contribution is -0.138. The molecule has 2 aromatic rings. The van der Waals surface area contributed by atoms with Crippen LogP contribution in [0.2, 0.25) is 0 Å². The van der Waals surface area contributed by atoms with Gasteiger partial charge in [-0.2, -0.15) is 0 Å². The summed E-state index contributed by atoms with van der Waals surface area (Å²) in [6.45, 7) is 7.98. The summed E-state index contributed by atoms with van der Waals surface area (Å²) in [6.07, 6.45) is 1.66. The lowest BCUT2D eigenvalue weighted by atomic mass is 9.79. The van der Waals surface area contributed by atoms with Crippen LogP contribution >= 0.6 is 15.9 Å². The van der Waals surface area contributed by atoms with Gasteiger partial charge in [-0.3, -0.25) is 9.10 Å². The van der Waals surface area contributed by atoms with Crippen LogP contribution in [0.1, 0.15) is 45.2 Å². The second kappa shape index (κ2) is 8.72. The van der Waals surface area contributed by atoms with Crippen LogP contribution in [-0.4, -0.2) is 31.7 Å². The molecule has 1 saturated heterocycles. The van der Waals surface area contributed by atoms with Gasteiger partial charge < -0.3 is 9.64 Å². The van der Waals surface area contributed by atoms with Crippen molar-refractivity contribution in [3.8, 4) is 0 Å². The van der Waals surface area contributed by atoms with E-state index in [1.807, 2.05) is 69.3 Å². The third-order valence-corrected chi connectivity index (χ3v) is 8.25. The van der Waals surface area contributed by atoms with Gasteiger partial charge in [-0.25, -0.2) is 9.00 Å². The molecule has 0 saturated carbocycles. The van der Waals surface area contributed by atoms with Crippen LogP contribution in [0.25, 0.3) is 0 Å².